The molecule has 3 aliphatic heterocycles. The van der Waals surface area contributed by atoms with E-state index < -0.39 is 30.3 Å². The summed E-state index contributed by atoms with van der Waals surface area (Å²) in [6, 6.07) is 4.25. The number of benzene rings is 1. The number of rotatable bonds is 4. The van der Waals surface area contributed by atoms with Crippen molar-refractivity contribution in [2.75, 3.05) is 41.9 Å². The van der Waals surface area contributed by atoms with Gasteiger partial charge < -0.3 is 19.9 Å². The molecule has 0 spiro atoms. The van der Waals surface area contributed by atoms with Crippen molar-refractivity contribution in [2.45, 2.75) is 50.6 Å². The van der Waals surface area contributed by atoms with Gasteiger partial charge >= 0.3 is 6.18 Å². The molecule has 2 aromatic rings. The van der Waals surface area contributed by atoms with Crippen LogP contribution in [0.5, 0.6) is 0 Å². The number of piperidine rings is 1. The zero-order valence-corrected chi connectivity index (χ0v) is 21.3. The summed E-state index contributed by atoms with van der Waals surface area (Å²) in [5.74, 6) is -1.57. The number of aromatic nitrogens is 1. The van der Waals surface area contributed by atoms with Gasteiger partial charge in [-0.2, -0.15) is 13.2 Å². The number of likely N-dealkylation sites (tertiary alicyclic amines) is 1. The lowest BCUT2D eigenvalue weighted by atomic mass is 9.94. The van der Waals surface area contributed by atoms with Gasteiger partial charge in [0, 0.05) is 36.9 Å². The maximum atomic E-state index is 15.5. The fourth-order valence-electron chi connectivity index (χ4n) is 6.21. The van der Waals surface area contributed by atoms with E-state index in [9.17, 15) is 22.4 Å². The fraction of sp³-hybridized carbons (Fsp3) is 0.481. The molecule has 1 aromatic heterocycles. The second kappa shape index (κ2) is 9.74. The molecule has 2 fully saturated rings. The quantitative estimate of drug-likeness (QED) is 0.536. The van der Waals surface area contributed by atoms with Crippen LogP contribution in [-0.4, -0.2) is 60.9 Å². The Hall–Kier alpha value is -3.25. The number of pyridine rings is 1. The van der Waals surface area contributed by atoms with Crippen LogP contribution < -0.4 is 15.1 Å². The van der Waals surface area contributed by atoms with Gasteiger partial charge in [-0.1, -0.05) is 0 Å². The zero-order valence-electron chi connectivity index (χ0n) is 21.3. The average Bonchev–Trinajstić information content (AvgIpc) is 3.45. The number of nitrogens with zero attached hydrogens (tertiary/aromatic N) is 4. The molecule has 4 heterocycles. The standard InChI is InChI=1S/C27H28F5N5O2/c1-39-24-8-19-7-16(24)12-36(19)22-10-23-21(9-20(22)29)34-25-17(6-18(28)11-33-25)13-37(23)26(38)15-2-4-35(5-3-15)14-27(30,31)32/h6,9-12,15,19,24H,2-5,7-8,13-14H2,1H3,(H,33,34)/t19-,24+/m1/s1. The number of methoxy groups -OCH3 is 1. The zero-order chi connectivity index (χ0) is 27.5. The van der Waals surface area contributed by atoms with Crippen molar-refractivity contribution < 1.29 is 31.5 Å². The molecule has 12 heteroatoms. The van der Waals surface area contributed by atoms with Crippen LogP contribution in [0.4, 0.5) is 44.8 Å². The molecule has 1 amide bonds. The van der Waals surface area contributed by atoms with E-state index >= 15 is 4.39 Å². The minimum Gasteiger partial charge on any atom is -0.377 e. The summed E-state index contributed by atoms with van der Waals surface area (Å²) in [5.41, 5.74) is 2.54. The number of carbonyl (C=O) groups is 1. The Morgan fingerprint density at radius 3 is 2.59 bits per heavy atom. The fourth-order valence-corrected chi connectivity index (χ4v) is 6.21. The highest BCUT2D eigenvalue weighted by Crippen LogP contribution is 2.45. The van der Waals surface area contributed by atoms with Crippen LogP contribution in [0.25, 0.3) is 0 Å². The maximum Gasteiger partial charge on any atom is 0.401 e. The first-order valence-electron chi connectivity index (χ1n) is 13.0. The van der Waals surface area contributed by atoms with Crippen molar-refractivity contribution in [3.05, 3.63) is 53.4 Å². The summed E-state index contributed by atoms with van der Waals surface area (Å²) in [6.45, 7) is -0.745. The minimum atomic E-state index is -4.30. The van der Waals surface area contributed by atoms with Gasteiger partial charge in [-0.05, 0) is 56.5 Å². The molecule has 1 saturated heterocycles. The lowest BCUT2D eigenvalue weighted by Gasteiger charge is -2.35. The predicted molar refractivity (Wildman–Crippen MR) is 135 cm³/mol. The first kappa shape index (κ1) is 26.0. The number of amides is 1. The lowest BCUT2D eigenvalue weighted by Crippen LogP contribution is -2.45. The second-order valence-electron chi connectivity index (χ2n) is 10.6. The van der Waals surface area contributed by atoms with E-state index in [4.69, 9.17) is 4.74 Å². The van der Waals surface area contributed by atoms with E-state index in [1.54, 1.807) is 13.2 Å². The van der Waals surface area contributed by atoms with Crippen molar-refractivity contribution in [1.29, 1.82) is 0 Å². The molecular formula is C27H28F5N5O2. The molecule has 1 aliphatic carbocycles. The molecule has 7 nitrogen and oxygen atoms in total. The molecule has 2 bridgehead atoms. The molecule has 4 aliphatic rings. The van der Waals surface area contributed by atoms with Gasteiger partial charge in [0.05, 0.1) is 42.5 Å². The summed E-state index contributed by atoms with van der Waals surface area (Å²) < 4.78 is 73.8. The number of hydrogen-bond donors (Lipinski definition) is 1. The molecule has 0 unspecified atom stereocenters. The van der Waals surface area contributed by atoms with E-state index in [1.165, 1.54) is 21.9 Å². The molecule has 208 valence electrons. The van der Waals surface area contributed by atoms with Crippen LogP contribution in [0.1, 0.15) is 31.2 Å². The molecule has 1 saturated carbocycles. The maximum absolute atomic E-state index is 15.5. The van der Waals surface area contributed by atoms with Crippen LogP contribution >= 0.6 is 0 Å². The van der Waals surface area contributed by atoms with Crippen molar-refractivity contribution >= 4 is 28.8 Å². The largest absolute Gasteiger partial charge is 0.401 e. The Kier molecular flexibility index (Phi) is 6.49. The van der Waals surface area contributed by atoms with Gasteiger partial charge in [-0.25, -0.2) is 13.8 Å². The Balaban J connectivity index is 1.34. The second-order valence-corrected chi connectivity index (χ2v) is 10.6. The lowest BCUT2D eigenvalue weighted by molar-refractivity contribution is -0.149. The van der Waals surface area contributed by atoms with Gasteiger partial charge in [0.25, 0.3) is 0 Å². The van der Waals surface area contributed by atoms with Crippen LogP contribution in [-0.2, 0) is 16.1 Å². The molecule has 6 rings (SSSR count). The number of carbonyl (C=O) groups excluding carboxylic acids is 1. The monoisotopic (exact) mass is 549 g/mol. The molecule has 1 N–H and O–H groups in total. The number of alkyl halides is 3. The number of fused-ring (bicyclic) bond motifs is 4. The van der Waals surface area contributed by atoms with E-state index in [-0.39, 0.29) is 50.5 Å². The molecule has 39 heavy (non-hydrogen) atoms. The summed E-state index contributed by atoms with van der Waals surface area (Å²) >= 11 is 0. The molecule has 0 radical (unpaired) electrons. The molecule has 2 atom stereocenters. The van der Waals surface area contributed by atoms with Crippen LogP contribution in [0.3, 0.4) is 0 Å². The Morgan fingerprint density at radius 1 is 1.15 bits per heavy atom. The highest BCUT2D eigenvalue weighted by atomic mass is 19.4. The summed E-state index contributed by atoms with van der Waals surface area (Å²) in [6.07, 6.45) is 0.653. The first-order valence-corrected chi connectivity index (χ1v) is 13.0. The van der Waals surface area contributed by atoms with Crippen LogP contribution in [0.2, 0.25) is 0 Å². The first-order chi connectivity index (χ1) is 18.6. The highest BCUT2D eigenvalue weighted by molar-refractivity contribution is 6.00. The van der Waals surface area contributed by atoms with Crippen molar-refractivity contribution in [2.24, 2.45) is 5.92 Å². The summed E-state index contributed by atoms with van der Waals surface area (Å²) in [5, 5.41) is 3.06. The smallest absolute Gasteiger partial charge is 0.377 e. The van der Waals surface area contributed by atoms with Gasteiger partial charge in [0.2, 0.25) is 5.91 Å². The average molecular weight is 550 g/mol. The topological polar surface area (TPSA) is 60.9 Å². The number of ether oxygens (including phenoxy) is 1. The third-order valence-corrected chi connectivity index (χ3v) is 8.11. The third kappa shape index (κ3) is 4.95. The highest BCUT2D eigenvalue weighted by Gasteiger charge is 2.41. The normalized spacial score (nSPS) is 23.3. The summed E-state index contributed by atoms with van der Waals surface area (Å²) in [7, 11) is 1.65. The van der Waals surface area contributed by atoms with Gasteiger partial charge in [-0.3, -0.25) is 9.69 Å². The minimum absolute atomic E-state index is 0.00793. The van der Waals surface area contributed by atoms with Gasteiger partial charge in [0.1, 0.15) is 17.5 Å². The molecule has 1 aromatic carbocycles. The number of hydrogen-bond acceptors (Lipinski definition) is 6. The van der Waals surface area contributed by atoms with E-state index in [1.807, 2.05) is 11.1 Å². The predicted octanol–water partition coefficient (Wildman–Crippen LogP) is 5.11. The number of nitrogens with one attached hydrogen (secondary N) is 1. The van der Waals surface area contributed by atoms with Crippen molar-refractivity contribution in [1.82, 2.24) is 9.88 Å². The third-order valence-electron chi connectivity index (χ3n) is 8.11. The Morgan fingerprint density at radius 2 is 1.92 bits per heavy atom. The van der Waals surface area contributed by atoms with Crippen LogP contribution in [0, 0.1) is 17.6 Å². The van der Waals surface area contributed by atoms with Crippen molar-refractivity contribution in [3.8, 4) is 0 Å². The van der Waals surface area contributed by atoms with Gasteiger partial charge in [-0.15, -0.1) is 0 Å². The van der Waals surface area contributed by atoms with E-state index in [2.05, 4.69) is 10.3 Å². The van der Waals surface area contributed by atoms with Gasteiger partial charge in [0.15, 0.2) is 0 Å². The van der Waals surface area contributed by atoms with Crippen LogP contribution in [0.15, 0.2) is 36.2 Å². The SMILES string of the molecule is CO[C@H]1C[C@H]2CC1=CN2c1cc2c(cc1F)Nc1ncc(F)cc1CN2C(=O)C1CCN(CC(F)(F)F)CC1. The Bertz CT molecular complexity index is 1320. The van der Waals surface area contributed by atoms with E-state index in [0.717, 1.165) is 24.6 Å². The number of anilines is 4. The van der Waals surface area contributed by atoms with E-state index in [0.29, 0.717) is 28.4 Å². The summed E-state index contributed by atoms with van der Waals surface area (Å²) in [4.78, 5) is 22.7. The Labute approximate surface area is 222 Å². The molecular weight excluding hydrogens is 521 g/mol. The van der Waals surface area contributed by atoms with Crippen molar-refractivity contribution in [3.63, 3.8) is 0 Å². The number of halogens is 5.